The minimum Gasteiger partial charge on any atom is -0.382 e. The lowest BCUT2D eigenvalue weighted by atomic mass is 10.2. The summed E-state index contributed by atoms with van der Waals surface area (Å²) in [5.41, 5.74) is 0.733. The van der Waals surface area contributed by atoms with E-state index < -0.39 is 9.84 Å². The lowest BCUT2D eigenvalue weighted by Crippen LogP contribution is -2.35. The second kappa shape index (κ2) is 7.27. The van der Waals surface area contributed by atoms with Gasteiger partial charge < -0.3 is 5.32 Å². The van der Waals surface area contributed by atoms with E-state index in [4.69, 9.17) is 0 Å². The van der Waals surface area contributed by atoms with Gasteiger partial charge in [0.05, 0.1) is 16.3 Å². The lowest BCUT2D eigenvalue weighted by molar-refractivity contribution is 0.269. The first kappa shape index (κ1) is 16.3. The van der Waals surface area contributed by atoms with Crippen molar-refractivity contribution in [3.05, 3.63) is 24.3 Å². The third kappa shape index (κ3) is 4.20. The van der Waals surface area contributed by atoms with Gasteiger partial charge in [0.2, 0.25) is 0 Å². The molecular formula is C16H26N2O2S. The fraction of sp³-hybridized carbons (Fsp3) is 0.625. The van der Waals surface area contributed by atoms with Crippen molar-refractivity contribution in [1.82, 2.24) is 4.90 Å². The highest BCUT2D eigenvalue weighted by molar-refractivity contribution is 7.91. The van der Waals surface area contributed by atoms with Gasteiger partial charge >= 0.3 is 0 Å². The lowest BCUT2D eigenvalue weighted by Gasteiger charge is -2.24. The molecule has 1 saturated heterocycles. The molecule has 1 atom stereocenters. The van der Waals surface area contributed by atoms with E-state index in [1.54, 1.807) is 12.1 Å². The fourth-order valence-electron chi connectivity index (χ4n) is 2.83. The molecule has 0 bridgehead atoms. The van der Waals surface area contributed by atoms with E-state index in [1.807, 2.05) is 19.1 Å². The molecule has 0 aliphatic carbocycles. The summed E-state index contributed by atoms with van der Waals surface area (Å²) in [6.07, 6.45) is 3.18. The average molecular weight is 310 g/mol. The molecule has 4 nitrogen and oxygen atoms in total. The summed E-state index contributed by atoms with van der Waals surface area (Å²) in [6, 6.07) is 7.66. The van der Waals surface area contributed by atoms with Crippen LogP contribution in [-0.2, 0) is 9.84 Å². The van der Waals surface area contributed by atoms with Crippen LogP contribution in [0.25, 0.3) is 0 Å². The van der Waals surface area contributed by atoms with E-state index in [1.165, 1.54) is 12.8 Å². The van der Waals surface area contributed by atoms with Crippen LogP contribution in [0, 0.1) is 0 Å². The number of sulfone groups is 1. The summed E-state index contributed by atoms with van der Waals surface area (Å²) >= 11 is 0. The SMILES string of the molecule is CCCS(=O)(=O)c1ccccc1NCC(C)N1CCCC1. The molecule has 2 rings (SSSR count). The van der Waals surface area contributed by atoms with Crippen molar-refractivity contribution in [3.63, 3.8) is 0 Å². The van der Waals surface area contributed by atoms with Crippen molar-refractivity contribution in [2.45, 2.75) is 44.0 Å². The Labute approximate surface area is 128 Å². The number of benzene rings is 1. The monoisotopic (exact) mass is 310 g/mol. The van der Waals surface area contributed by atoms with Crippen molar-refractivity contribution in [2.75, 3.05) is 30.7 Å². The van der Waals surface area contributed by atoms with Gasteiger partial charge in [-0.3, -0.25) is 4.90 Å². The first-order chi connectivity index (χ1) is 10.0. The molecule has 1 aromatic rings. The van der Waals surface area contributed by atoms with Crippen LogP contribution in [0.2, 0.25) is 0 Å². The molecule has 0 saturated carbocycles. The van der Waals surface area contributed by atoms with Gasteiger partial charge in [0.15, 0.2) is 9.84 Å². The predicted molar refractivity (Wildman–Crippen MR) is 87.5 cm³/mol. The number of hydrogen-bond donors (Lipinski definition) is 1. The normalized spacial score (nSPS) is 17.8. The number of nitrogens with zero attached hydrogens (tertiary/aromatic N) is 1. The molecule has 118 valence electrons. The molecule has 0 aromatic heterocycles. The van der Waals surface area contributed by atoms with Crippen LogP contribution in [0.4, 0.5) is 5.69 Å². The Balaban J connectivity index is 2.06. The first-order valence-electron chi connectivity index (χ1n) is 7.84. The van der Waals surface area contributed by atoms with Crippen LogP contribution in [-0.4, -0.2) is 44.7 Å². The predicted octanol–water partition coefficient (Wildman–Crippen LogP) is 2.77. The van der Waals surface area contributed by atoms with Crippen molar-refractivity contribution < 1.29 is 8.42 Å². The maximum atomic E-state index is 12.3. The average Bonchev–Trinajstić information content (AvgIpc) is 2.99. The van der Waals surface area contributed by atoms with Crippen molar-refractivity contribution >= 4 is 15.5 Å². The van der Waals surface area contributed by atoms with Crippen LogP contribution in [0.3, 0.4) is 0 Å². The summed E-state index contributed by atoms with van der Waals surface area (Å²) in [4.78, 5) is 2.89. The first-order valence-corrected chi connectivity index (χ1v) is 9.49. The third-order valence-electron chi connectivity index (χ3n) is 4.05. The number of para-hydroxylation sites is 1. The third-order valence-corrected chi connectivity index (χ3v) is 6.02. The van der Waals surface area contributed by atoms with Crippen LogP contribution in [0.5, 0.6) is 0 Å². The van der Waals surface area contributed by atoms with E-state index in [-0.39, 0.29) is 5.75 Å². The molecular weight excluding hydrogens is 284 g/mol. The summed E-state index contributed by atoms with van der Waals surface area (Å²) in [7, 11) is -3.18. The van der Waals surface area contributed by atoms with Gasteiger partial charge in [-0.05, 0) is 51.4 Å². The second-order valence-corrected chi connectivity index (χ2v) is 7.87. The molecule has 1 fully saturated rings. The quantitative estimate of drug-likeness (QED) is 0.841. The molecule has 1 aliphatic rings. The molecule has 5 heteroatoms. The van der Waals surface area contributed by atoms with E-state index in [0.717, 1.165) is 25.3 Å². The highest BCUT2D eigenvalue weighted by Crippen LogP contribution is 2.23. The molecule has 1 N–H and O–H groups in total. The van der Waals surface area contributed by atoms with Gasteiger partial charge in [0, 0.05) is 12.6 Å². The number of rotatable bonds is 7. The summed E-state index contributed by atoms with van der Waals surface area (Å²) in [5, 5.41) is 3.33. The van der Waals surface area contributed by atoms with Gasteiger partial charge in [0.25, 0.3) is 0 Å². The smallest absolute Gasteiger partial charge is 0.180 e. The molecule has 1 aromatic carbocycles. The summed E-state index contributed by atoms with van der Waals surface area (Å²) < 4.78 is 24.6. The molecule has 1 unspecified atom stereocenters. The molecule has 0 amide bonds. The van der Waals surface area contributed by atoms with Gasteiger partial charge in [0.1, 0.15) is 0 Å². The van der Waals surface area contributed by atoms with E-state index in [0.29, 0.717) is 17.4 Å². The second-order valence-electron chi connectivity index (χ2n) is 5.79. The zero-order valence-electron chi connectivity index (χ0n) is 13.0. The Bertz CT molecular complexity index is 551. The standard InChI is InChI=1S/C16H26N2O2S/c1-3-12-21(19,20)16-9-5-4-8-15(16)17-13-14(2)18-10-6-7-11-18/h4-5,8-9,14,17H,3,6-7,10-13H2,1-2H3. The molecule has 1 aliphatic heterocycles. The Kier molecular flexibility index (Phi) is 5.65. The number of anilines is 1. The maximum Gasteiger partial charge on any atom is 0.180 e. The van der Waals surface area contributed by atoms with Crippen LogP contribution >= 0.6 is 0 Å². The van der Waals surface area contributed by atoms with Crippen LogP contribution in [0.1, 0.15) is 33.1 Å². The Morgan fingerprint density at radius 3 is 2.57 bits per heavy atom. The van der Waals surface area contributed by atoms with E-state index >= 15 is 0 Å². The van der Waals surface area contributed by atoms with Gasteiger partial charge in [-0.25, -0.2) is 8.42 Å². The molecule has 1 heterocycles. The minimum atomic E-state index is -3.18. The Hall–Kier alpha value is -1.07. The fourth-order valence-corrected chi connectivity index (χ4v) is 4.35. The number of hydrogen-bond acceptors (Lipinski definition) is 4. The zero-order valence-corrected chi connectivity index (χ0v) is 13.8. The summed E-state index contributed by atoms with van der Waals surface area (Å²) in [5.74, 6) is 0.202. The highest BCUT2D eigenvalue weighted by Gasteiger charge is 2.20. The zero-order chi connectivity index (χ0) is 15.3. The van der Waals surface area contributed by atoms with Gasteiger partial charge in [-0.2, -0.15) is 0 Å². The van der Waals surface area contributed by atoms with Gasteiger partial charge in [-0.15, -0.1) is 0 Å². The molecule has 0 spiro atoms. The van der Waals surface area contributed by atoms with E-state index in [2.05, 4.69) is 17.1 Å². The van der Waals surface area contributed by atoms with Gasteiger partial charge in [-0.1, -0.05) is 19.1 Å². The van der Waals surface area contributed by atoms with E-state index in [9.17, 15) is 8.42 Å². The van der Waals surface area contributed by atoms with Crippen LogP contribution < -0.4 is 5.32 Å². The van der Waals surface area contributed by atoms with Crippen LogP contribution in [0.15, 0.2) is 29.2 Å². The largest absolute Gasteiger partial charge is 0.382 e. The molecule has 21 heavy (non-hydrogen) atoms. The highest BCUT2D eigenvalue weighted by atomic mass is 32.2. The topological polar surface area (TPSA) is 49.4 Å². The minimum absolute atomic E-state index is 0.202. The summed E-state index contributed by atoms with van der Waals surface area (Å²) in [6.45, 7) is 7.17. The Morgan fingerprint density at radius 2 is 1.90 bits per heavy atom. The van der Waals surface area contributed by atoms with Crippen molar-refractivity contribution in [3.8, 4) is 0 Å². The molecule has 0 radical (unpaired) electrons. The van der Waals surface area contributed by atoms with Crippen molar-refractivity contribution in [1.29, 1.82) is 0 Å². The maximum absolute atomic E-state index is 12.3. The Morgan fingerprint density at radius 1 is 1.24 bits per heavy atom. The number of likely N-dealkylation sites (tertiary alicyclic amines) is 1. The number of nitrogens with one attached hydrogen (secondary N) is 1. The van der Waals surface area contributed by atoms with Crippen molar-refractivity contribution in [2.24, 2.45) is 0 Å².